The number of aromatic nitrogens is 3. The van der Waals surface area contributed by atoms with E-state index in [1.165, 1.54) is 12.8 Å². The van der Waals surface area contributed by atoms with E-state index in [0.29, 0.717) is 12.1 Å². The molecule has 1 aromatic rings. The number of aryl methyl sites for hydroxylation is 1. The molecule has 0 radical (unpaired) electrons. The molecule has 5 heteroatoms. The van der Waals surface area contributed by atoms with Crippen LogP contribution in [0, 0.1) is 0 Å². The smallest absolute Gasteiger partial charge is 0.138 e. The van der Waals surface area contributed by atoms with Crippen molar-refractivity contribution in [2.75, 3.05) is 13.7 Å². The first-order valence-electron chi connectivity index (χ1n) is 5.93. The monoisotopic (exact) mass is 224 g/mol. The number of rotatable bonds is 4. The zero-order valence-electron chi connectivity index (χ0n) is 10.0. The summed E-state index contributed by atoms with van der Waals surface area (Å²) in [4.78, 5) is 4.25. The molecule has 1 saturated heterocycles. The molecule has 1 aromatic heterocycles. The van der Waals surface area contributed by atoms with Gasteiger partial charge < -0.3 is 10.1 Å². The first-order valence-corrected chi connectivity index (χ1v) is 5.93. The van der Waals surface area contributed by atoms with E-state index in [1.54, 1.807) is 6.33 Å². The number of likely N-dealkylation sites (N-methyl/N-ethyl adjacent to an activating group) is 1. The molecule has 16 heavy (non-hydrogen) atoms. The number of nitrogens with one attached hydrogen (secondary N) is 1. The number of ether oxygens (including phenoxy) is 1. The lowest BCUT2D eigenvalue weighted by atomic mass is 9.99. The van der Waals surface area contributed by atoms with Gasteiger partial charge in [0.2, 0.25) is 0 Å². The minimum atomic E-state index is 0.315. The maximum absolute atomic E-state index is 5.80. The lowest BCUT2D eigenvalue weighted by Gasteiger charge is -2.30. The molecule has 0 aliphatic carbocycles. The highest BCUT2D eigenvalue weighted by molar-refractivity contribution is 4.92. The van der Waals surface area contributed by atoms with Crippen LogP contribution in [0.5, 0.6) is 0 Å². The molecule has 0 spiro atoms. The van der Waals surface area contributed by atoms with Crippen molar-refractivity contribution in [3.05, 3.63) is 12.2 Å². The highest BCUT2D eigenvalue weighted by Gasteiger charge is 2.24. The summed E-state index contributed by atoms with van der Waals surface area (Å²) < 4.78 is 7.63. The summed E-state index contributed by atoms with van der Waals surface area (Å²) in [5.74, 6) is 1.01. The van der Waals surface area contributed by atoms with Gasteiger partial charge in [0.05, 0.1) is 6.10 Å². The lowest BCUT2D eigenvalue weighted by Crippen LogP contribution is -2.43. The molecule has 2 heterocycles. The van der Waals surface area contributed by atoms with Crippen LogP contribution in [0.2, 0.25) is 0 Å². The summed E-state index contributed by atoms with van der Waals surface area (Å²) in [6, 6.07) is 0.336. The van der Waals surface area contributed by atoms with Crippen LogP contribution in [0.1, 0.15) is 25.1 Å². The Morgan fingerprint density at radius 1 is 1.62 bits per heavy atom. The molecule has 0 aromatic carbocycles. The summed E-state index contributed by atoms with van der Waals surface area (Å²) in [6.45, 7) is 0.891. The van der Waals surface area contributed by atoms with Gasteiger partial charge in [-0.3, -0.25) is 4.68 Å². The minimum Gasteiger partial charge on any atom is -0.377 e. The van der Waals surface area contributed by atoms with Gasteiger partial charge >= 0.3 is 0 Å². The van der Waals surface area contributed by atoms with Crippen LogP contribution < -0.4 is 5.32 Å². The van der Waals surface area contributed by atoms with Gasteiger partial charge in [-0.1, -0.05) is 0 Å². The van der Waals surface area contributed by atoms with Gasteiger partial charge in [0.15, 0.2) is 0 Å². The van der Waals surface area contributed by atoms with Crippen LogP contribution >= 0.6 is 0 Å². The molecular weight excluding hydrogens is 204 g/mol. The van der Waals surface area contributed by atoms with Crippen molar-refractivity contribution < 1.29 is 4.74 Å². The fourth-order valence-corrected chi connectivity index (χ4v) is 2.20. The van der Waals surface area contributed by atoms with E-state index in [0.717, 1.165) is 25.3 Å². The predicted molar refractivity (Wildman–Crippen MR) is 61.1 cm³/mol. The van der Waals surface area contributed by atoms with Crippen molar-refractivity contribution >= 4 is 0 Å². The first-order chi connectivity index (χ1) is 7.81. The average molecular weight is 224 g/mol. The number of nitrogens with zero attached hydrogens (tertiary/aromatic N) is 3. The second-order valence-corrected chi connectivity index (χ2v) is 4.30. The van der Waals surface area contributed by atoms with Crippen LogP contribution in [0.3, 0.4) is 0 Å². The Labute approximate surface area is 96.2 Å². The molecule has 1 aliphatic rings. The largest absolute Gasteiger partial charge is 0.377 e. The maximum Gasteiger partial charge on any atom is 0.138 e. The molecule has 1 fully saturated rings. The third-order valence-corrected chi connectivity index (χ3v) is 3.24. The highest BCUT2D eigenvalue weighted by atomic mass is 16.5. The molecule has 0 saturated carbocycles. The van der Waals surface area contributed by atoms with Gasteiger partial charge in [-0.05, 0) is 26.3 Å². The van der Waals surface area contributed by atoms with Gasteiger partial charge in [0.1, 0.15) is 12.2 Å². The van der Waals surface area contributed by atoms with Crippen molar-refractivity contribution in [3.63, 3.8) is 0 Å². The molecule has 0 bridgehead atoms. The first kappa shape index (κ1) is 11.5. The van der Waals surface area contributed by atoms with Crippen LogP contribution in [0.25, 0.3) is 0 Å². The molecule has 2 atom stereocenters. The van der Waals surface area contributed by atoms with Gasteiger partial charge in [-0.15, -0.1) is 0 Å². The quantitative estimate of drug-likeness (QED) is 0.810. The topological polar surface area (TPSA) is 52.0 Å². The molecule has 0 amide bonds. The van der Waals surface area contributed by atoms with Crippen LogP contribution in [-0.4, -0.2) is 40.6 Å². The molecule has 2 unspecified atom stereocenters. The SMILES string of the molecule is CNC(Cc1ncnn1C)C1CCCCO1. The van der Waals surface area contributed by atoms with Crippen molar-refractivity contribution in [2.24, 2.45) is 7.05 Å². The van der Waals surface area contributed by atoms with Gasteiger partial charge in [0, 0.05) is 26.1 Å². The van der Waals surface area contributed by atoms with Crippen molar-refractivity contribution in [1.29, 1.82) is 0 Å². The second-order valence-electron chi connectivity index (χ2n) is 4.30. The summed E-state index contributed by atoms with van der Waals surface area (Å²) in [6.07, 6.45) is 6.39. The van der Waals surface area contributed by atoms with E-state index in [-0.39, 0.29) is 0 Å². The van der Waals surface area contributed by atoms with Crippen LogP contribution in [0.15, 0.2) is 6.33 Å². The Morgan fingerprint density at radius 2 is 2.50 bits per heavy atom. The van der Waals surface area contributed by atoms with E-state index in [1.807, 2.05) is 18.8 Å². The predicted octanol–water partition coefficient (Wildman–Crippen LogP) is 0.515. The summed E-state index contributed by atoms with van der Waals surface area (Å²) in [5.41, 5.74) is 0. The van der Waals surface area contributed by atoms with E-state index >= 15 is 0 Å². The Kier molecular flexibility index (Phi) is 3.90. The zero-order valence-corrected chi connectivity index (χ0v) is 10.0. The zero-order chi connectivity index (χ0) is 11.4. The van der Waals surface area contributed by atoms with E-state index in [4.69, 9.17) is 4.74 Å². The van der Waals surface area contributed by atoms with E-state index in [2.05, 4.69) is 15.4 Å². The molecule has 1 N–H and O–H groups in total. The molecular formula is C11H20N4O. The highest BCUT2D eigenvalue weighted by Crippen LogP contribution is 2.17. The maximum atomic E-state index is 5.80. The fourth-order valence-electron chi connectivity index (χ4n) is 2.20. The fraction of sp³-hybridized carbons (Fsp3) is 0.818. The van der Waals surface area contributed by atoms with Gasteiger partial charge in [-0.25, -0.2) is 4.98 Å². The lowest BCUT2D eigenvalue weighted by molar-refractivity contribution is -0.00639. The summed E-state index contributed by atoms with van der Waals surface area (Å²) in [7, 11) is 3.91. The van der Waals surface area contributed by atoms with E-state index < -0.39 is 0 Å². The van der Waals surface area contributed by atoms with E-state index in [9.17, 15) is 0 Å². The van der Waals surface area contributed by atoms with Crippen LogP contribution in [-0.2, 0) is 18.2 Å². The molecule has 90 valence electrons. The summed E-state index contributed by atoms with van der Waals surface area (Å²) in [5, 5.41) is 7.42. The number of hydrogen-bond donors (Lipinski definition) is 1. The van der Waals surface area contributed by atoms with Crippen molar-refractivity contribution in [2.45, 2.75) is 37.8 Å². The van der Waals surface area contributed by atoms with Gasteiger partial charge in [-0.2, -0.15) is 5.10 Å². The third-order valence-electron chi connectivity index (χ3n) is 3.24. The molecule has 5 nitrogen and oxygen atoms in total. The Balaban J connectivity index is 1.97. The average Bonchev–Trinajstić information content (AvgIpc) is 2.73. The van der Waals surface area contributed by atoms with Crippen molar-refractivity contribution in [1.82, 2.24) is 20.1 Å². The standard InChI is InChI=1S/C11H20N4O/c1-12-9(10-5-3-4-6-16-10)7-11-13-8-14-15(11)2/h8-10,12H,3-7H2,1-2H3. The Hall–Kier alpha value is -0.940. The molecule has 1 aliphatic heterocycles. The van der Waals surface area contributed by atoms with Crippen molar-refractivity contribution in [3.8, 4) is 0 Å². The second kappa shape index (κ2) is 5.41. The Morgan fingerprint density at radius 3 is 3.06 bits per heavy atom. The van der Waals surface area contributed by atoms with Crippen LogP contribution in [0.4, 0.5) is 0 Å². The normalized spacial score (nSPS) is 23.2. The Bertz CT molecular complexity index is 320. The number of hydrogen-bond acceptors (Lipinski definition) is 4. The third kappa shape index (κ3) is 2.59. The molecule has 2 rings (SSSR count). The van der Waals surface area contributed by atoms with Gasteiger partial charge in [0.25, 0.3) is 0 Å². The summed E-state index contributed by atoms with van der Waals surface area (Å²) >= 11 is 0. The minimum absolute atomic E-state index is 0.315.